The molecule has 0 saturated carbocycles. The Labute approximate surface area is 126 Å². The van der Waals surface area contributed by atoms with Crippen molar-refractivity contribution in [2.45, 2.75) is 20.3 Å². The predicted octanol–water partition coefficient (Wildman–Crippen LogP) is 3.03. The lowest BCUT2D eigenvalue weighted by molar-refractivity contribution is 0.311. The Kier molecular flexibility index (Phi) is 5.26. The maximum Gasteiger partial charge on any atom is 0.209 e. The first-order valence-corrected chi connectivity index (χ1v) is 7.49. The summed E-state index contributed by atoms with van der Waals surface area (Å²) in [6, 6.07) is 0. The molecule has 0 N–H and O–H groups in total. The third kappa shape index (κ3) is 3.64. The normalized spacial score (nSPS) is 18.7. The highest BCUT2D eigenvalue weighted by Crippen LogP contribution is 2.21. The number of aromatic nitrogens is 2. The molecule has 4 nitrogen and oxygen atoms in total. The molecule has 2 heterocycles. The van der Waals surface area contributed by atoms with E-state index < -0.39 is 0 Å². The number of imidazole rings is 1. The second-order valence-electron chi connectivity index (χ2n) is 5.15. The predicted molar refractivity (Wildman–Crippen MR) is 86.1 cm³/mol. The summed E-state index contributed by atoms with van der Waals surface area (Å²) in [6.07, 6.45) is 8.85. The Morgan fingerprint density at radius 2 is 2.00 bits per heavy atom. The van der Waals surface area contributed by atoms with Crippen LogP contribution in [0.25, 0.3) is 5.70 Å². The van der Waals surface area contributed by atoms with Gasteiger partial charge in [-0.1, -0.05) is 18.5 Å². The lowest BCUT2D eigenvalue weighted by atomic mass is 10.3. The van der Waals surface area contributed by atoms with Crippen molar-refractivity contribution in [3.05, 3.63) is 29.6 Å². The highest BCUT2D eigenvalue weighted by molar-refractivity contribution is 6.29. The van der Waals surface area contributed by atoms with Crippen molar-refractivity contribution >= 4 is 23.2 Å². The van der Waals surface area contributed by atoms with E-state index in [1.807, 2.05) is 25.4 Å². The van der Waals surface area contributed by atoms with Crippen LogP contribution in [0.15, 0.2) is 29.6 Å². The van der Waals surface area contributed by atoms with Crippen LogP contribution in [0.5, 0.6) is 0 Å². The minimum Gasteiger partial charge on any atom is -0.339 e. The molecular weight excluding hydrogens is 272 g/mol. The molecule has 0 amide bonds. The molecule has 1 aliphatic rings. The lowest BCUT2D eigenvalue weighted by Crippen LogP contribution is -2.45. The van der Waals surface area contributed by atoms with E-state index in [-0.39, 0.29) is 0 Å². The first-order valence-electron chi connectivity index (χ1n) is 7.12. The van der Waals surface area contributed by atoms with E-state index in [0.29, 0.717) is 0 Å². The standard InChI is InChI=1S/C15H23ClN4/c1-4-14(6-5-13(2)16)20-8-7-17-15(20)19-11-9-18(3)10-12-19/h5-8H,4,9-12H2,1-3H3/b13-5+,14-6+. The van der Waals surface area contributed by atoms with Crippen molar-refractivity contribution in [1.82, 2.24) is 14.5 Å². The topological polar surface area (TPSA) is 24.3 Å². The third-order valence-electron chi connectivity index (χ3n) is 3.58. The summed E-state index contributed by atoms with van der Waals surface area (Å²) in [7, 11) is 2.16. The zero-order valence-corrected chi connectivity index (χ0v) is 13.3. The number of anilines is 1. The van der Waals surface area contributed by atoms with Crippen LogP contribution in [0.2, 0.25) is 0 Å². The molecule has 0 unspecified atom stereocenters. The smallest absolute Gasteiger partial charge is 0.209 e. The van der Waals surface area contributed by atoms with Gasteiger partial charge in [0.1, 0.15) is 0 Å². The van der Waals surface area contributed by atoms with Gasteiger partial charge in [0.2, 0.25) is 5.95 Å². The summed E-state index contributed by atoms with van der Waals surface area (Å²) in [6.45, 7) is 8.25. The Morgan fingerprint density at radius 1 is 1.30 bits per heavy atom. The molecule has 5 heteroatoms. The number of allylic oxidation sites excluding steroid dienone is 4. The Hall–Kier alpha value is -1.26. The number of hydrogen-bond donors (Lipinski definition) is 0. The molecule has 0 radical (unpaired) electrons. The number of piperazine rings is 1. The zero-order chi connectivity index (χ0) is 14.5. The molecule has 0 atom stereocenters. The van der Waals surface area contributed by atoms with Gasteiger partial charge in [-0.15, -0.1) is 0 Å². The second kappa shape index (κ2) is 6.95. The van der Waals surface area contributed by atoms with E-state index in [2.05, 4.69) is 39.4 Å². The quantitative estimate of drug-likeness (QED) is 0.798. The third-order valence-corrected chi connectivity index (χ3v) is 3.71. The van der Waals surface area contributed by atoms with E-state index >= 15 is 0 Å². The van der Waals surface area contributed by atoms with E-state index in [4.69, 9.17) is 11.6 Å². The molecule has 0 bridgehead atoms. The van der Waals surface area contributed by atoms with Gasteiger partial charge in [0.25, 0.3) is 0 Å². The van der Waals surface area contributed by atoms with Crippen molar-refractivity contribution < 1.29 is 0 Å². The van der Waals surface area contributed by atoms with Crippen LogP contribution in [0, 0.1) is 0 Å². The molecule has 20 heavy (non-hydrogen) atoms. The van der Waals surface area contributed by atoms with Crippen LogP contribution in [0.3, 0.4) is 0 Å². The molecule has 1 fully saturated rings. The fraction of sp³-hybridized carbons (Fsp3) is 0.533. The van der Waals surface area contributed by atoms with E-state index in [1.165, 1.54) is 5.70 Å². The van der Waals surface area contributed by atoms with Crippen molar-refractivity contribution in [2.24, 2.45) is 0 Å². The van der Waals surface area contributed by atoms with E-state index in [9.17, 15) is 0 Å². The van der Waals surface area contributed by atoms with Crippen molar-refractivity contribution in [3.8, 4) is 0 Å². The van der Waals surface area contributed by atoms with E-state index in [1.54, 1.807) is 0 Å². The van der Waals surface area contributed by atoms with Gasteiger partial charge in [-0.2, -0.15) is 0 Å². The van der Waals surface area contributed by atoms with Gasteiger partial charge < -0.3 is 9.80 Å². The number of nitrogens with zero attached hydrogens (tertiary/aromatic N) is 4. The summed E-state index contributed by atoms with van der Waals surface area (Å²) in [5.74, 6) is 1.03. The van der Waals surface area contributed by atoms with Gasteiger partial charge in [0.05, 0.1) is 0 Å². The van der Waals surface area contributed by atoms with Gasteiger partial charge in [-0.25, -0.2) is 4.98 Å². The van der Waals surface area contributed by atoms with Gasteiger partial charge in [-0.3, -0.25) is 4.57 Å². The molecule has 110 valence electrons. The average Bonchev–Trinajstić information content (AvgIpc) is 2.89. The fourth-order valence-electron chi connectivity index (χ4n) is 2.34. The molecule has 1 aromatic rings. The largest absolute Gasteiger partial charge is 0.339 e. The van der Waals surface area contributed by atoms with Crippen LogP contribution in [0.4, 0.5) is 5.95 Å². The van der Waals surface area contributed by atoms with Crippen LogP contribution >= 0.6 is 11.6 Å². The number of likely N-dealkylation sites (N-methyl/N-ethyl adjacent to an activating group) is 1. The Bertz CT molecular complexity index is 492. The maximum absolute atomic E-state index is 5.92. The van der Waals surface area contributed by atoms with Gasteiger partial charge in [-0.05, 0) is 32.5 Å². The summed E-state index contributed by atoms with van der Waals surface area (Å²) in [4.78, 5) is 9.23. The fourth-order valence-corrected chi connectivity index (χ4v) is 2.40. The summed E-state index contributed by atoms with van der Waals surface area (Å²) in [5.41, 5.74) is 1.21. The molecule has 2 rings (SSSR count). The maximum atomic E-state index is 5.92. The van der Waals surface area contributed by atoms with E-state index in [0.717, 1.165) is 43.6 Å². The minimum absolute atomic E-state index is 0.789. The summed E-state index contributed by atoms with van der Waals surface area (Å²) < 4.78 is 2.17. The SMILES string of the molecule is CC/C(=C\C=C(/C)Cl)n1ccnc1N1CCN(C)CC1. The molecular formula is C15H23ClN4. The lowest BCUT2D eigenvalue weighted by Gasteiger charge is -2.33. The van der Waals surface area contributed by atoms with Crippen LogP contribution in [-0.4, -0.2) is 47.7 Å². The monoisotopic (exact) mass is 294 g/mol. The highest BCUT2D eigenvalue weighted by atomic mass is 35.5. The van der Waals surface area contributed by atoms with Gasteiger partial charge >= 0.3 is 0 Å². The molecule has 1 saturated heterocycles. The van der Waals surface area contributed by atoms with Crippen LogP contribution in [0.1, 0.15) is 20.3 Å². The van der Waals surface area contributed by atoms with Gasteiger partial charge in [0.15, 0.2) is 0 Å². The first-order chi connectivity index (χ1) is 9.61. The first kappa shape index (κ1) is 15.1. The van der Waals surface area contributed by atoms with Crippen LogP contribution < -0.4 is 4.90 Å². The second-order valence-corrected chi connectivity index (χ2v) is 5.75. The van der Waals surface area contributed by atoms with Crippen molar-refractivity contribution in [3.63, 3.8) is 0 Å². The summed E-state index contributed by atoms with van der Waals surface area (Å²) in [5, 5.41) is 0.789. The van der Waals surface area contributed by atoms with Crippen molar-refractivity contribution in [1.29, 1.82) is 0 Å². The number of rotatable bonds is 4. The average molecular weight is 295 g/mol. The van der Waals surface area contributed by atoms with Gasteiger partial charge in [0, 0.05) is 49.3 Å². The summed E-state index contributed by atoms with van der Waals surface area (Å²) >= 11 is 5.92. The minimum atomic E-state index is 0.789. The molecule has 0 aliphatic carbocycles. The Morgan fingerprint density at radius 3 is 2.60 bits per heavy atom. The molecule has 1 aromatic heterocycles. The zero-order valence-electron chi connectivity index (χ0n) is 12.5. The number of halogens is 1. The number of hydrogen-bond acceptors (Lipinski definition) is 3. The highest BCUT2D eigenvalue weighted by Gasteiger charge is 2.18. The molecule has 0 aromatic carbocycles. The van der Waals surface area contributed by atoms with Crippen LogP contribution in [-0.2, 0) is 0 Å². The Balaban J connectivity index is 2.23. The molecule has 1 aliphatic heterocycles. The molecule has 0 spiro atoms. The van der Waals surface area contributed by atoms with Crippen molar-refractivity contribution in [2.75, 3.05) is 38.1 Å².